The van der Waals surface area contributed by atoms with Crippen molar-refractivity contribution in [3.63, 3.8) is 0 Å². The van der Waals surface area contributed by atoms with Gasteiger partial charge in [0.2, 0.25) is 4.77 Å². The van der Waals surface area contributed by atoms with E-state index in [1.807, 2.05) is 48.5 Å². The van der Waals surface area contributed by atoms with Crippen LogP contribution in [0.15, 0.2) is 82.4 Å². The predicted molar refractivity (Wildman–Crippen MR) is 121 cm³/mol. The van der Waals surface area contributed by atoms with Crippen LogP contribution < -0.4 is 4.74 Å². The molecule has 0 bridgehead atoms. The molecule has 0 aliphatic heterocycles. The zero-order valence-electron chi connectivity index (χ0n) is 15.6. The highest BCUT2D eigenvalue weighted by Crippen LogP contribution is 2.23. The fraction of sp³-hybridized carbons (Fsp3) is 0.0455. The lowest BCUT2D eigenvalue weighted by Crippen LogP contribution is -2.00. The van der Waals surface area contributed by atoms with Crippen molar-refractivity contribution in [3.05, 3.63) is 99.0 Å². The van der Waals surface area contributed by atoms with Crippen molar-refractivity contribution in [1.29, 1.82) is 0 Å². The van der Waals surface area contributed by atoms with Crippen molar-refractivity contribution < 1.29 is 9.13 Å². The van der Waals surface area contributed by atoms with Gasteiger partial charge in [0.15, 0.2) is 5.82 Å². The zero-order valence-corrected chi connectivity index (χ0v) is 18.0. The van der Waals surface area contributed by atoms with E-state index in [4.69, 9.17) is 17.0 Å². The zero-order chi connectivity index (χ0) is 20.9. The van der Waals surface area contributed by atoms with Gasteiger partial charge in [-0.15, -0.1) is 0 Å². The molecule has 1 N–H and O–H groups in total. The molecule has 0 radical (unpaired) electrons. The molecule has 150 valence electrons. The molecular weight excluding hydrogens is 467 g/mol. The molecule has 4 aromatic rings. The van der Waals surface area contributed by atoms with E-state index in [9.17, 15) is 4.39 Å². The van der Waals surface area contributed by atoms with Gasteiger partial charge in [0.1, 0.15) is 18.2 Å². The van der Waals surface area contributed by atoms with E-state index in [0.29, 0.717) is 23.0 Å². The summed E-state index contributed by atoms with van der Waals surface area (Å²) in [6.45, 7) is 0.309. The van der Waals surface area contributed by atoms with Gasteiger partial charge in [0, 0.05) is 15.6 Å². The second kappa shape index (κ2) is 9.15. The Labute approximate surface area is 186 Å². The van der Waals surface area contributed by atoms with Crippen molar-refractivity contribution >= 4 is 34.4 Å². The van der Waals surface area contributed by atoms with E-state index in [2.05, 4.69) is 31.2 Å². The van der Waals surface area contributed by atoms with Gasteiger partial charge in [-0.25, -0.2) is 9.49 Å². The molecule has 0 fully saturated rings. The third-order valence-electron chi connectivity index (χ3n) is 4.27. The molecule has 8 heteroatoms. The highest BCUT2D eigenvalue weighted by Gasteiger charge is 2.09. The van der Waals surface area contributed by atoms with Crippen LogP contribution in [0.3, 0.4) is 0 Å². The van der Waals surface area contributed by atoms with Gasteiger partial charge in [-0.3, -0.25) is 0 Å². The Bertz CT molecular complexity index is 1240. The minimum atomic E-state index is -0.277. The van der Waals surface area contributed by atoms with Crippen LogP contribution in [-0.2, 0) is 6.61 Å². The van der Waals surface area contributed by atoms with Crippen LogP contribution in [0, 0.1) is 10.6 Å². The highest BCUT2D eigenvalue weighted by atomic mass is 79.9. The first kappa shape index (κ1) is 20.2. The minimum absolute atomic E-state index is 0.277. The number of H-pyrrole nitrogens is 1. The molecule has 0 atom stereocenters. The molecule has 30 heavy (non-hydrogen) atoms. The highest BCUT2D eigenvalue weighted by molar-refractivity contribution is 9.10. The number of nitrogens with one attached hydrogen (secondary N) is 1. The molecule has 5 nitrogen and oxygen atoms in total. The molecule has 1 aromatic heterocycles. The van der Waals surface area contributed by atoms with E-state index < -0.39 is 0 Å². The van der Waals surface area contributed by atoms with Crippen LogP contribution in [0.1, 0.15) is 11.1 Å². The van der Waals surface area contributed by atoms with Crippen LogP contribution in [0.2, 0.25) is 0 Å². The summed E-state index contributed by atoms with van der Waals surface area (Å²) in [4.78, 5) is 0. The molecule has 0 saturated carbocycles. The number of aromatic nitrogens is 3. The van der Waals surface area contributed by atoms with Crippen molar-refractivity contribution in [1.82, 2.24) is 14.9 Å². The monoisotopic (exact) mass is 482 g/mol. The summed E-state index contributed by atoms with van der Waals surface area (Å²) in [5.74, 6) is 0.976. The number of hydrogen-bond donors (Lipinski definition) is 1. The minimum Gasteiger partial charge on any atom is -0.488 e. The number of halogens is 2. The molecule has 3 aromatic carbocycles. The molecular formula is C22H16BrFN4OS. The third-order valence-corrected chi connectivity index (χ3v) is 5.03. The normalized spacial score (nSPS) is 11.1. The first-order valence-corrected chi connectivity index (χ1v) is 10.2. The summed E-state index contributed by atoms with van der Waals surface area (Å²) in [6, 6.07) is 21.5. The Morgan fingerprint density at radius 1 is 1.10 bits per heavy atom. The van der Waals surface area contributed by atoms with E-state index in [1.165, 1.54) is 12.1 Å². The smallest absolute Gasteiger partial charge is 0.216 e. The first-order chi connectivity index (χ1) is 14.6. The lowest BCUT2D eigenvalue weighted by Gasteiger charge is -2.10. The van der Waals surface area contributed by atoms with Gasteiger partial charge in [0.05, 0.1) is 6.21 Å². The summed E-state index contributed by atoms with van der Waals surface area (Å²) < 4.78 is 21.9. The Morgan fingerprint density at radius 2 is 1.87 bits per heavy atom. The van der Waals surface area contributed by atoms with Crippen LogP contribution >= 0.6 is 28.1 Å². The maximum Gasteiger partial charge on any atom is 0.216 e. The van der Waals surface area contributed by atoms with E-state index in [0.717, 1.165) is 21.2 Å². The van der Waals surface area contributed by atoms with Crippen molar-refractivity contribution in [2.24, 2.45) is 5.10 Å². The van der Waals surface area contributed by atoms with E-state index in [-0.39, 0.29) is 5.82 Å². The first-order valence-electron chi connectivity index (χ1n) is 9.04. The molecule has 1 heterocycles. The fourth-order valence-electron chi connectivity index (χ4n) is 2.79. The van der Waals surface area contributed by atoms with Gasteiger partial charge in [0.25, 0.3) is 0 Å². The molecule has 0 aliphatic rings. The average molecular weight is 483 g/mol. The summed E-state index contributed by atoms with van der Waals surface area (Å²) >= 11 is 8.81. The molecule has 0 amide bonds. The summed E-state index contributed by atoms with van der Waals surface area (Å²) in [6.07, 6.45) is 1.67. The maximum atomic E-state index is 13.1. The Morgan fingerprint density at radius 3 is 2.63 bits per heavy atom. The number of nitrogens with zero attached hydrogens (tertiary/aromatic N) is 3. The van der Waals surface area contributed by atoms with Crippen molar-refractivity contribution in [2.45, 2.75) is 6.61 Å². The number of rotatable bonds is 6. The Kier molecular flexibility index (Phi) is 6.15. The topological polar surface area (TPSA) is 55.2 Å². The Hall–Kier alpha value is -3.10. The van der Waals surface area contributed by atoms with Crippen LogP contribution in [0.5, 0.6) is 5.75 Å². The SMILES string of the molecule is Fc1ccc(COc2ccc(Br)cc2/C=N\n2c(-c3ccccc3)n[nH]c2=S)cc1. The summed E-state index contributed by atoms with van der Waals surface area (Å²) in [7, 11) is 0. The third kappa shape index (κ3) is 4.72. The van der Waals surface area contributed by atoms with Gasteiger partial charge in [-0.2, -0.15) is 14.9 Å². The Balaban J connectivity index is 1.61. The van der Waals surface area contributed by atoms with Gasteiger partial charge in [-0.05, 0) is 48.1 Å². The van der Waals surface area contributed by atoms with Crippen LogP contribution in [0.25, 0.3) is 11.4 Å². The second-order valence-corrected chi connectivity index (χ2v) is 7.67. The van der Waals surface area contributed by atoms with Crippen LogP contribution in [0.4, 0.5) is 4.39 Å². The fourth-order valence-corrected chi connectivity index (χ4v) is 3.34. The standard InChI is InChI=1S/C22H16BrFN4OS/c23-18-8-11-20(29-14-15-6-9-19(24)10-7-15)17(12-18)13-25-28-21(26-27-22(28)30)16-4-2-1-3-5-16/h1-13H,14H2,(H,27,30)/b25-13-. The van der Waals surface area contributed by atoms with E-state index in [1.54, 1.807) is 23.0 Å². The molecule has 0 saturated heterocycles. The number of aromatic amines is 1. The quantitative estimate of drug-likeness (QED) is 0.272. The maximum absolute atomic E-state index is 13.1. The average Bonchev–Trinajstić information content (AvgIpc) is 3.13. The van der Waals surface area contributed by atoms with Gasteiger partial charge in [-0.1, -0.05) is 58.4 Å². The molecule has 0 spiro atoms. The lowest BCUT2D eigenvalue weighted by molar-refractivity contribution is 0.305. The number of ether oxygens (including phenoxy) is 1. The largest absolute Gasteiger partial charge is 0.488 e. The number of hydrogen-bond acceptors (Lipinski definition) is 4. The molecule has 0 unspecified atom stereocenters. The number of benzene rings is 3. The van der Waals surface area contributed by atoms with Gasteiger partial charge < -0.3 is 4.74 Å². The predicted octanol–water partition coefficient (Wildman–Crippen LogP) is 5.97. The summed E-state index contributed by atoms with van der Waals surface area (Å²) in [5.41, 5.74) is 2.52. The second-order valence-electron chi connectivity index (χ2n) is 6.37. The lowest BCUT2D eigenvalue weighted by atomic mass is 10.2. The molecule has 0 aliphatic carbocycles. The summed E-state index contributed by atoms with van der Waals surface area (Å²) in [5, 5.41) is 11.6. The van der Waals surface area contributed by atoms with Crippen LogP contribution in [-0.4, -0.2) is 21.1 Å². The molecule has 4 rings (SSSR count). The van der Waals surface area contributed by atoms with Gasteiger partial charge >= 0.3 is 0 Å². The van der Waals surface area contributed by atoms with E-state index >= 15 is 0 Å². The van der Waals surface area contributed by atoms with Crippen molar-refractivity contribution in [3.8, 4) is 17.1 Å². The van der Waals surface area contributed by atoms with Crippen molar-refractivity contribution in [2.75, 3.05) is 0 Å².